The predicted molar refractivity (Wildman–Crippen MR) is 95.4 cm³/mol. The van der Waals surface area contributed by atoms with Crippen LogP contribution >= 0.6 is 0 Å². The Bertz CT molecular complexity index is 938. The van der Waals surface area contributed by atoms with Crippen molar-refractivity contribution in [2.45, 2.75) is 31.8 Å². The Morgan fingerprint density at radius 1 is 1.32 bits per heavy atom. The average Bonchev–Trinajstić information content (AvgIpc) is 3.03. The largest absolute Gasteiger partial charge is 0.368 e. The number of hydrogen-bond acceptors (Lipinski definition) is 4. The van der Waals surface area contributed by atoms with Gasteiger partial charge in [-0.15, -0.1) is 5.10 Å². The zero-order valence-electron chi connectivity index (χ0n) is 14.3. The molecule has 2 aromatic heterocycles. The number of anilines is 1. The smallest absolute Gasteiger partial charge is 0.256 e. The molecule has 1 amide bonds. The third kappa shape index (κ3) is 2.68. The topological polar surface area (TPSA) is 68.5 Å². The van der Waals surface area contributed by atoms with Crippen molar-refractivity contribution in [1.82, 2.24) is 14.6 Å². The molecule has 6 heteroatoms. The minimum atomic E-state index is -0.675. The van der Waals surface area contributed by atoms with E-state index in [1.807, 2.05) is 43.5 Å². The number of carbonyl (C=O) groups is 1. The van der Waals surface area contributed by atoms with Crippen molar-refractivity contribution in [3.05, 3.63) is 48.3 Å². The van der Waals surface area contributed by atoms with Gasteiger partial charge in [-0.05, 0) is 56.0 Å². The van der Waals surface area contributed by atoms with Crippen LogP contribution in [0.2, 0.25) is 0 Å². The van der Waals surface area contributed by atoms with E-state index in [1.54, 1.807) is 17.8 Å². The zero-order chi connectivity index (χ0) is 17.4. The van der Waals surface area contributed by atoms with E-state index >= 15 is 0 Å². The summed E-state index contributed by atoms with van der Waals surface area (Å²) in [6.07, 6.45) is 6.23. The molecule has 1 aliphatic rings. The van der Waals surface area contributed by atoms with Crippen LogP contribution in [0.5, 0.6) is 0 Å². The summed E-state index contributed by atoms with van der Waals surface area (Å²) in [6.45, 7) is 2.01. The van der Waals surface area contributed by atoms with Crippen LogP contribution < -0.4 is 5.32 Å². The van der Waals surface area contributed by atoms with E-state index in [9.17, 15) is 4.79 Å². The van der Waals surface area contributed by atoms with Gasteiger partial charge in [0.2, 0.25) is 0 Å². The first kappa shape index (κ1) is 15.8. The van der Waals surface area contributed by atoms with Crippen molar-refractivity contribution in [3.63, 3.8) is 0 Å². The molecule has 3 aromatic rings. The summed E-state index contributed by atoms with van der Waals surface area (Å²) in [6, 6.07) is 9.66. The highest BCUT2D eigenvalue weighted by molar-refractivity contribution is 5.98. The number of amides is 1. The third-order valence-corrected chi connectivity index (χ3v) is 4.98. The zero-order valence-corrected chi connectivity index (χ0v) is 14.3. The van der Waals surface area contributed by atoms with Gasteiger partial charge in [-0.25, -0.2) is 9.50 Å². The van der Waals surface area contributed by atoms with Gasteiger partial charge in [0.25, 0.3) is 5.91 Å². The predicted octanol–water partition coefficient (Wildman–Crippen LogP) is 3.21. The Morgan fingerprint density at radius 3 is 2.88 bits per heavy atom. The molecule has 0 radical (unpaired) electrons. The monoisotopic (exact) mass is 336 g/mol. The number of carbonyl (C=O) groups excluding carboxylic acids is 1. The van der Waals surface area contributed by atoms with Gasteiger partial charge in [-0.2, -0.15) is 0 Å². The van der Waals surface area contributed by atoms with E-state index in [2.05, 4.69) is 15.4 Å². The molecule has 1 aliphatic carbocycles. The number of ether oxygens (including phenoxy) is 1. The molecule has 2 heterocycles. The molecule has 1 saturated carbocycles. The SMILES string of the molecule is COC1(C(=O)Nc2ccc(C)c(-c3ncc4cccn4n3)c2)CCC1. The third-order valence-electron chi connectivity index (χ3n) is 4.98. The van der Waals surface area contributed by atoms with Gasteiger partial charge in [0.05, 0.1) is 11.7 Å². The van der Waals surface area contributed by atoms with Crippen molar-refractivity contribution in [1.29, 1.82) is 0 Å². The second kappa shape index (κ2) is 5.97. The molecule has 4 rings (SSSR count). The van der Waals surface area contributed by atoms with E-state index in [-0.39, 0.29) is 5.91 Å². The first-order valence-corrected chi connectivity index (χ1v) is 8.39. The van der Waals surface area contributed by atoms with E-state index in [1.165, 1.54) is 0 Å². The van der Waals surface area contributed by atoms with Gasteiger partial charge in [0.1, 0.15) is 5.60 Å². The molecule has 0 spiro atoms. The van der Waals surface area contributed by atoms with Crippen LogP contribution in [0.25, 0.3) is 16.9 Å². The Kier molecular flexibility index (Phi) is 3.77. The molecule has 0 atom stereocenters. The number of nitrogens with one attached hydrogen (secondary N) is 1. The minimum absolute atomic E-state index is 0.0853. The quantitative estimate of drug-likeness (QED) is 0.794. The Balaban J connectivity index is 1.65. The molecule has 0 unspecified atom stereocenters. The molecule has 128 valence electrons. The van der Waals surface area contributed by atoms with Crippen LogP contribution in [-0.4, -0.2) is 33.2 Å². The summed E-state index contributed by atoms with van der Waals surface area (Å²) >= 11 is 0. The van der Waals surface area contributed by atoms with Crippen molar-refractivity contribution < 1.29 is 9.53 Å². The summed E-state index contributed by atoms with van der Waals surface area (Å²) in [4.78, 5) is 17.0. The molecule has 25 heavy (non-hydrogen) atoms. The lowest BCUT2D eigenvalue weighted by Gasteiger charge is -2.38. The minimum Gasteiger partial charge on any atom is -0.368 e. The van der Waals surface area contributed by atoms with Crippen LogP contribution in [0.15, 0.2) is 42.7 Å². The number of fused-ring (bicyclic) bond motifs is 1. The summed E-state index contributed by atoms with van der Waals surface area (Å²) in [5.74, 6) is 0.542. The fourth-order valence-corrected chi connectivity index (χ4v) is 3.16. The lowest BCUT2D eigenvalue weighted by Crippen LogP contribution is -2.50. The molecule has 1 fully saturated rings. The second-order valence-electron chi connectivity index (χ2n) is 6.50. The van der Waals surface area contributed by atoms with Crippen molar-refractivity contribution >= 4 is 17.1 Å². The molecule has 0 aliphatic heterocycles. The summed E-state index contributed by atoms with van der Waals surface area (Å²) < 4.78 is 7.24. The number of nitrogens with zero attached hydrogens (tertiary/aromatic N) is 3. The number of benzene rings is 1. The first-order valence-electron chi connectivity index (χ1n) is 8.39. The average molecular weight is 336 g/mol. The van der Waals surface area contributed by atoms with Gasteiger partial charge >= 0.3 is 0 Å². The molecular weight excluding hydrogens is 316 g/mol. The van der Waals surface area contributed by atoms with E-state index < -0.39 is 5.60 Å². The summed E-state index contributed by atoms with van der Waals surface area (Å²) in [5.41, 5.74) is 2.94. The van der Waals surface area contributed by atoms with Gasteiger partial charge in [-0.1, -0.05) is 6.07 Å². The fraction of sp³-hybridized carbons (Fsp3) is 0.316. The van der Waals surface area contributed by atoms with Gasteiger partial charge in [0, 0.05) is 24.6 Å². The summed E-state index contributed by atoms with van der Waals surface area (Å²) in [5, 5.41) is 7.53. The Labute approximate surface area is 145 Å². The van der Waals surface area contributed by atoms with Crippen molar-refractivity contribution in [2.75, 3.05) is 12.4 Å². The normalized spacial score (nSPS) is 15.8. The number of aromatic nitrogens is 3. The molecule has 1 aromatic carbocycles. The van der Waals surface area contributed by atoms with Crippen molar-refractivity contribution in [2.24, 2.45) is 0 Å². The number of hydrogen-bond donors (Lipinski definition) is 1. The van der Waals surface area contributed by atoms with Crippen LogP contribution in [-0.2, 0) is 9.53 Å². The van der Waals surface area contributed by atoms with Crippen LogP contribution in [0.3, 0.4) is 0 Å². The molecule has 1 N–H and O–H groups in total. The highest BCUT2D eigenvalue weighted by Crippen LogP contribution is 2.36. The molecule has 0 bridgehead atoms. The molecule has 6 nitrogen and oxygen atoms in total. The highest BCUT2D eigenvalue weighted by atomic mass is 16.5. The van der Waals surface area contributed by atoms with Crippen LogP contribution in [0, 0.1) is 6.92 Å². The lowest BCUT2D eigenvalue weighted by molar-refractivity contribution is -0.148. The number of rotatable bonds is 4. The van der Waals surface area contributed by atoms with Crippen LogP contribution in [0.1, 0.15) is 24.8 Å². The van der Waals surface area contributed by atoms with Crippen molar-refractivity contribution in [3.8, 4) is 11.4 Å². The maximum absolute atomic E-state index is 12.5. The Morgan fingerprint density at radius 2 is 2.16 bits per heavy atom. The van der Waals surface area contributed by atoms with Gasteiger partial charge in [-0.3, -0.25) is 4.79 Å². The molecular formula is C19H20N4O2. The number of methoxy groups -OCH3 is 1. The highest BCUT2D eigenvalue weighted by Gasteiger charge is 2.44. The van der Waals surface area contributed by atoms with Crippen LogP contribution in [0.4, 0.5) is 5.69 Å². The lowest BCUT2D eigenvalue weighted by atomic mass is 9.79. The van der Waals surface area contributed by atoms with E-state index in [4.69, 9.17) is 4.74 Å². The van der Waals surface area contributed by atoms with Gasteiger partial charge in [0.15, 0.2) is 5.82 Å². The Hall–Kier alpha value is -2.73. The summed E-state index contributed by atoms with van der Waals surface area (Å²) in [7, 11) is 1.60. The standard InChI is InChI=1S/C19H20N4O2/c1-13-6-7-14(21-18(24)19(25-2)8-4-9-19)11-16(13)17-20-12-15-5-3-10-23(15)22-17/h3,5-7,10-12H,4,8-9H2,1-2H3,(H,21,24). The van der Waals surface area contributed by atoms with E-state index in [0.717, 1.165) is 41.6 Å². The number of aryl methyl sites for hydroxylation is 1. The fourth-order valence-electron chi connectivity index (χ4n) is 3.16. The first-order chi connectivity index (χ1) is 12.1. The van der Waals surface area contributed by atoms with E-state index in [0.29, 0.717) is 5.82 Å². The maximum atomic E-state index is 12.5. The van der Waals surface area contributed by atoms with Gasteiger partial charge < -0.3 is 10.1 Å². The second-order valence-corrected chi connectivity index (χ2v) is 6.50. The maximum Gasteiger partial charge on any atom is 0.256 e. The molecule has 0 saturated heterocycles.